The van der Waals surface area contributed by atoms with Gasteiger partial charge in [0.2, 0.25) is 0 Å². The molecule has 0 atom stereocenters. The average Bonchev–Trinajstić information content (AvgIpc) is 3.22. The predicted octanol–water partition coefficient (Wildman–Crippen LogP) is 7.71. The number of benzene rings is 2. The van der Waals surface area contributed by atoms with Crippen LogP contribution in [0.2, 0.25) is 0 Å². The first-order valence-electron chi connectivity index (χ1n) is 11.0. The van der Waals surface area contributed by atoms with Gasteiger partial charge in [-0.15, -0.1) is 0 Å². The molecular formula is C25H23F6NO3. The molecule has 0 N–H and O–H groups in total. The van der Waals surface area contributed by atoms with Crippen LogP contribution in [0.15, 0.2) is 52.9 Å². The van der Waals surface area contributed by atoms with Crippen molar-refractivity contribution in [1.29, 1.82) is 0 Å². The molecule has 0 spiro atoms. The molecule has 0 unspecified atom stereocenters. The van der Waals surface area contributed by atoms with Gasteiger partial charge in [0, 0.05) is 24.0 Å². The Morgan fingerprint density at radius 1 is 0.829 bits per heavy atom. The lowest BCUT2D eigenvalue weighted by molar-refractivity contribution is -0.143. The lowest BCUT2D eigenvalue weighted by Crippen LogP contribution is -2.04. The number of carbonyl (C=O) groups is 1. The second-order valence-corrected chi connectivity index (χ2v) is 7.80. The van der Waals surface area contributed by atoms with Crippen LogP contribution in [0, 0.1) is 0 Å². The quantitative estimate of drug-likeness (QED) is 0.172. The van der Waals surface area contributed by atoms with Gasteiger partial charge in [-0.3, -0.25) is 4.79 Å². The van der Waals surface area contributed by atoms with E-state index in [1.165, 1.54) is 24.3 Å². The van der Waals surface area contributed by atoms with Crippen LogP contribution in [0.1, 0.15) is 49.6 Å². The number of carbonyl (C=O) groups excluding carboxylic acids is 1. The number of nitrogens with zero attached hydrogens (tertiary/aromatic N) is 1. The molecule has 0 aliphatic rings. The molecule has 0 aliphatic carbocycles. The number of esters is 1. The molecule has 1 heterocycles. The number of aryl methyl sites for hydroxylation is 1. The van der Waals surface area contributed by atoms with E-state index in [4.69, 9.17) is 9.15 Å². The Morgan fingerprint density at radius 3 is 1.89 bits per heavy atom. The largest absolute Gasteiger partial charge is 0.466 e. The third-order valence-electron chi connectivity index (χ3n) is 5.21. The van der Waals surface area contributed by atoms with Crippen molar-refractivity contribution in [3.05, 3.63) is 65.5 Å². The molecule has 0 saturated carbocycles. The lowest BCUT2D eigenvalue weighted by Gasteiger charge is -2.08. The topological polar surface area (TPSA) is 52.3 Å². The third kappa shape index (κ3) is 7.10. The summed E-state index contributed by atoms with van der Waals surface area (Å²) in [6.07, 6.45) is -6.43. The minimum Gasteiger partial charge on any atom is -0.466 e. The second-order valence-electron chi connectivity index (χ2n) is 7.80. The maximum absolute atomic E-state index is 12.9. The van der Waals surface area contributed by atoms with Gasteiger partial charge in [0.1, 0.15) is 5.69 Å². The van der Waals surface area contributed by atoms with E-state index in [0.29, 0.717) is 49.3 Å². The Kier molecular flexibility index (Phi) is 8.24. The van der Waals surface area contributed by atoms with Crippen LogP contribution in [-0.4, -0.2) is 17.6 Å². The average molecular weight is 499 g/mol. The van der Waals surface area contributed by atoms with Gasteiger partial charge in [-0.05, 0) is 44.0 Å². The fourth-order valence-electron chi connectivity index (χ4n) is 3.45. The van der Waals surface area contributed by atoms with Crippen molar-refractivity contribution in [2.45, 2.75) is 51.4 Å². The summed E-state index contributed by atoms with van der Waals surface area (Å²) in [7, 11) is 0. The Bertz CT molecular complexity index is 1040. The fourth-order valence-corrected chi connectivity index (χ4v) is 3.45. The highest BCUT2D eigenvalue weighted by atomic mass is 19.4. The second kappa shape index (κ2) is 11.0. The molecule has 2 aromatic carbocycles. The molecule has 0 aliphatic heterocycles. The zero-order chi connectivity index (χ0) is 25.6. The number of rotatable bonds is 9. The number of alkyl halides is 6. The smallest absolute Gasteiger partial charge is 0.416 e. The zero-order valence-corrected chi connectivity index (χ0v) is 18.8. The maximum Gasteiger partial charge on any atom is 0.416 e. The Morgan fingerprint density at radius 2 is 1.37 bits per heavy atom. The van der Waals surface area contributed by atoms with Gasteiger partial charge < -0.3 is 9.15 Å². The molecule has 0 radical (unpaired) electrons. The number of halogens is 6. The van der Waals surface area contributed by atoms with E-state index in [2.05, 4.69) is 4.98 Å². The van der Waals surface area contributed by atoms with Crippen LogP contribution >= 0.6 is 0 Å². The number of aromatic nitrogens is 1. The van der Waals surface area contributed by atoms with E-state index < -0.39 is 23.5 Å². The van der Waals surface area contributed by atoms with Crippen molar-refractivity contribution in [2.75, 3.05) is 6.61 Å². The van der Waals surface area contributed by atoms with E-state index in [9.17, 15) is 31.1 Å². The summed E-state index contributed by atoms with van der Waals surface area (Å²) >= 11 is 0. The number of hydrogen-bond donors (Lipinski definition) is 0. The van der Waals surface area contributed by atoms with E-state index in [1.54, 1.807) is 6.92 Å². The van der Waals surface area contributed by atoms with Crippen LogP contribution in [0.5, 0.6) is 0 Å². The molecule has 10 heteroatoms. The molecule has 3 rings (SSSR count). The van der Waals surface area contributed by atoms with Crippen LogP contribution in [0.25, 0.3) is 22.6 Å². The van der Waals surface area contributed by atoms with Crippen LogP contribution in [0.3, 0.4) is 0 Å². The van der Waals surface area contributed by atoms with Gasteiger partial charge in [-0.25, -0.2) is 4.98 Å². The van der Waals surface area contributed by atoms with Gasteiger partial charge in [0.05, 0.1) is 17.7 Å². The highest BCUT2D eigenvalue weighted by Gasteiger charge is 2.31. The van der Waals surface area contributed by atoms with E-state index in [-0.39, 0.29) is 23.8 Å². The molecule has 0 bridgehead atoms. The summed E-state index contributed by atoms with van der Waals surface area (Å²) in [6, 6.07) is 8.60. The van der Waals surface area contributed by atoms with Gasteiger partial charge in [0.25, 0.3) is 0 Å². The molecule has 0 amide bonds. The van der Waals surface area contributed by atoms with Crippen molar-refractivity contribution < 1.29 is 40.3 Å². The van der Waals surface area contributed by atoms with E-state index in [1.807, 2.05) is 0 Å². The van der Waals surface area contributed by atoms with E-state index >= 15 is 0 Å². The normalized spacial score (nSPS) is 12.1. The molecule has 35 heavy (non-hydrogen) atoms. The highest BCUT2D eigenvalue weighted by Crippen LogP contribution is 2.37. The Labute approximate surface area is 197 Å². The maximum atomic E-state index is 12.9. The number of ether oxygens (including phenoxy) is 1. The fraction of sp³-hybridized carbons (Fsp3) is 0.360. The van der Waals surface area contributed by atoms with Crippen molar-refractivity contribution in [3.63, 3.8) is 0 Å². The van der Waals surface area contributed by atoms with Crippen molar-refractivity contribution >= 4 is 5.97 Å². The zero-order valence-electron chi connectivity index (χ0n) is 18.8. The monoisotopic (exact) mass is 499 g/mol. The molecular weight excluding hydrogens is 476 g/mol. The highest BCUT2D eigenvalue weighted by molar-refractivity contribution is 5.77. The molecule has 0 saturated heterocycles. The Hall–Kier alpha value is -3.30. The summed E-state index contributed by atoms with van der Waals surface area (Å²) in [4.78, 5) is 15.8. The lowest BCUT2D eigenvalue weighted by atomic mass is 10.0. The van der Waals surface area contributed by atoms with Crippen LogP contribution in [-0.2, 0) is 28.3 Å². The standard InChI is InChI=1S/C25H23F6NO3/c1-2-34-21(33)7-5-3-4-6-20-32-22(16-8-12-18(13-9-16)24(26,27)28)23(35-20)17-10-14-19(15-11-17)25(29,30)31/h8-15H,2-7H2,1H3. The van der Waals surface area contributed by atoms with Gasteiger partial charge in [0.15, 0.2) is 11.7 Å². The summed E-state index contributed by atoms with van der Waals surface area (Å²) in [6.45, 7) is 2.04. The minimum absolute atomic E-state index is 0.167. The summed E-state index contributed by atoms with van der Waals surface area (Å²) < 4.78 is 88.4. The minimum atomic E-state index is -4.51. The van der Waals surface area contributed by atoms with Crippen LogP contribution < -0.4 is 0 Å². The third-order valence-corrected chi connectivity index (χ3v) is 5.21. The number of oxazole rings is 1. The van der Waals surface area contributed by atoms with Gasteiger partial charge in [-0.2, -0.15) is 26.3 Å². The molecule has 3 aromatic rings. The van der Waals surface area contributed by atoms with Gasteiger partial charge >= 0.3 is 18.3 Å². The van der Waals surface area contributed by atoms with Crippen molar-refractivity contribution in [3.8, 4) is 22.6 Å². The first-order valence-corrected chi connectivity index (χ1v) is 11.0. The Balaban J connectivity index is 1.83. The van der Waals surface area contributed by atoms with Gasteiger partial charge in [-0.1, -0.05) is 30.7 Å². The summed E-state index contributed by atoms with van der Waals surface area (Å²) in [5, 5.41) is 0. The SMILES string of the molecule is CCOC(=O)CCCCCc1nc(-c2ccc(C(F)(F)F)cc2)c(-c2ccc(C(F)(F)F)cc2)o1. The van der Waals surface area contributed by atoms with Crippen LogP contribution in [0.4, 0.5) is 26.3 Å². The summed E-state index contributed by atoms with van der Waals surface area (Å²) in [5.41, 5.74) is -0.777. The number of unbranched alkanes of at least 4 members (excludes halogenated alkanes) is 2. The predicted molar refractivity (Wildman–Crippen MR) is 116 cm³/mol. The molecule has 188 valence electrons. The van der Waals surface area contributed by atoms with Crippen molar-refractivity contribution in [1.82, 2.24) is 4.98 Å². The first-order chi connectivity index (χ1) is 16.5. The summed E-state index contributed by atoms with van der Waals surface area (Å²) in [5.74, 6) is 0.184. The van der Waals surface area contributed by atoms with Crippen molar-refractivity contribution in [2.24, 2.45) is 0 Å². The van der Waals surface area contributed by atoms with E-state index in [0.717, 1.165) is 24.3 Å². The molecule has 1 aromatic heterocycles. The molecule has 4 nitrogen and oxygen atoms in total. The number of hydrogen-bond acceptors (Lipinski definition) is 4. The molecule has 0 fully saturated rings. The first kappa shape index (κ1) is 26.3.